The zero-order valence-corrected chi connectivity index (χ0v) is 14.2. The molecular formula is C15H18ClN3O2S. The molecule has 7 heteroatoms. The second kappa shape index (κ2) is 7.47. The molecule has 0 spiro atoms. The molecule has 118 valence electrons. The van der Waals surface area contributed by atoms with Gasteiger partial charge in [0.2, 0.25) is 0 Å². The number of hydrogen-bond donors (Lipinski definition) is 2. The van der Waals surface area contributed by atoms with Gasteiger partial charge in [-0.15, -0.1) is 11.3 Å². The first-order chi connectivity index (χ1) is 10.5. The zero-order chi connectivity index (χ0) is 16.1. The third-order valence-corrected chi connectivity index (χ3v) is 3.98. The number of nitrogens with one attached hydrogen (secondary N) is 2. The molecule has 1 aromatic carbocycles. The van der Waals surface area contributed by atoms with Crippen LogP contribution in [-0.4, -0.2) is 24.1 Å². The number of hydrogen-bond acceptors (Lipinski definition) is 6. The van der Waals surface area contributed by atoms with Crippen LogP contribution in [0.4, 0.5) is 11.4 Å². The molecule has 0 unspecified atom stereocenters. The highest BCUT2D eigenvalue weighted by molar-refractivity contribution is 7.15. The number of nitrogens with zero attached hydrogens (tertiary/aromatic N) is 1. The van der Waals surface area contributed by atoms with Gasteiger partial charge in [0.25, 0.3) is 0 Å². The summed E-state index contributed by atoms with van der Waals surface area (Å²) in [4.78, 5) is 16.7. The predicted molar refractivity (Wildman–Crippen MR) is 91.0 cm³/mol. The van der Waals surface area contributed by atoms with E-state index in [-0.39, 0.29) is 12.0 Å². The third-order valence-electron chi connectivity index (χ3n) is 2.86. The lowest BCUT2D eigenvalue weighted by molar-refractivity contribution is 0.0601. The lowest BCUT2D eigenvalue weighted by Crippen LogP contribution is -2.13. The molecule has 0 aliphatic rings. The maximum atomic E-state index is 11.7. The van der Waals surface area contributed by atoms with E-state index >= 15 is 0 Å². The normalized spacial score (nSPS) is 10.6. The summed E-state index contributed by atoms with van der Waals surface area (Å²) in [6.45, 7) is 4.70. The van der Waals surface area contributed by atoms with Crippen molar-refractivity contribution in [3.8, 4) is 0 Å². The lowest BCUT2D eigenvalue weighted by atomic mass is 10.1. The van der Waals surface area contributed by atoms with Crippen LogP contribution in [0.25, 0.3) is 0 Å². The average Bonchev–Trinajstić information content (AvgIpc) is 2.90. The fraction of sp³-hybridized carbons (Fsp3) is 0.333. The summed E-state index contributed by atoms with van der Waals surface area (Å²) in [5, 5.41) is 6.66. The largest absolute Gasteiger partial charge is 0.465 e. The van der Waals surface area contributed by atoms with Crippen LogP contribution in [0.3, 0.4) is 0 Å². The second-order valence-corrected chi connectivity index (χ2v) is 6.68. The van der Waals surface area contributed by atoms with Crippen molar-refractivity contribution < 1.29 is 9.53 Å². The van der Waals surface area contributed by atoms with Gasteiger partial charge < -0.3 is 15.4 Å². The number of aromatic nitrogens is 1. The fourth-order valence-corrected chi connectivity index (χ4v) is 2.84. The van der Waals surface area contributed by atoms with Crippen LogP contribution in [0.5, 0.6) is 0 Å². The van der Waals surface area contributed by atoms with Gasteiger partial charge in [-0.3, -0.25) is 0 Å². The summed E-state index contributed by atoms with van der Waals surface area (Å²) in [5.41, 5.74) is 2.26. The SMILES string of the molecule is COC(=O)c1ccc(NC(C)C)c(NCc2cnc(Cl)s2)c1. The number of benzene rings is 1. The van der Waals surface area contributed by atoms with E-state index in [1.807, 2.05) is 6.07 Å². The average molecular weight is 340 g/mol. The maximum absolute atomic E-state index is 11.7. The number of esters is 1. The van der Waals surface area contributed by atoms with Gasteiger partial charge in [-0.2, -0.15) is 0 Å². The number of rotatable bonds is 6. The van der Waals surface area contributed by atoms with Crippen LogP contribution >= 0.6 is 22.9 Å². The number of carbonyl (C=O) groups is 1. The summed E-state index contributed by atoms with van der Waals surface area (Å²) in [7, 11) is 1.37. The third kappa shape index (κ3) is 4.35. The van der Waals surface area contributed by atoms with Gasteiger partial charge in [-0.25, -0.2) is 9.78 Å². The van der Waals surface area contributed by atoms with Gasteiger partial charge in [-0.1, -0.05) is 11.6 Å². The molecule has 0 aliphatic carbocycles. The van der Waals surface area contributed by atoms with Gasteiger partial charge in [0.05, 0.1) is 30.6 Å². The lowest BCUT2D eigenvalue weighted by Gasteiger charge is -2.16. The predicted octanol–water partition coefficient (Wildman–Crippen LogP) is 4.02. The molecular weight excluding hydrogens is 322 g/mol. The summed E-state index contributed by atoms with van der Waals surface area (Å²) >= 11 is 7.26. The fourth-order valence-electron chi connectivity index (χ4n) is 1.92. The first-order valence-electron chi connectivity index (χ1n) is 6.82. The molecule has 1 aromatic heterocycles. The van der Waals surface area contributed by atoms with Crippen molar-refractivity contribution in [2.45, 2.75) is 26.4 Å². The Hall–Kier alpha value is -1.79. The molecule has 2 N–H and O–H groups in total. The Labute approximate surface area is 138 Å². The molecule has 2 rings (SSSR count). The molecule has 0 radical (unpaired) electrons. The quantitative estimate of drug-likeness (QED) is 0.778. The number of ether oxygens (including phenoxy) is 1. The van der Waals surface area contributed by atoms with Gasteiger partial charge in [0, 0.05) is 17.1 Å². The highest BCUT2D eigenvalue weighted by atomic mass is 35.5. The second-order valence-electron chi connectivity index (χ2n) is 4.98. The molecule has 0 aliphatic heterocycles. The maximum Gasteiger partial charge on any atom is 0.337 e. The highest BCUT2D eigenvalue weighted by Gasteiger charge is 2.11. The number of carbonyl (C=O) groups excluding carboxylic acids is 1. The van der Waals surface area contributed by atoms with E-state index in [0.29, 0.717) is 16.6 Å². The summed E-state index contributed by atoms with van der Waals surface area (Å²) in [6.07, 6.45) is 1.74. The molecule has 0 bridgehead atoms. The summed E-state index contributed by atoms with van der Waals surface area (Å²) in [5.74, 6) is -0.361. The van der Waals surface area contributed by atoms with E-state index in [1.165, 1.54) is 18.4 Å². The van der Waals surface area contributed by atoms with Crippen molar-refractivity contribution in [1.29, 1.82) is 0 Å². The Morgan fingerprint density at radius 1 is 1.41 bits per heavy atom. The summed E-state index contributed by atoms with van der Waals surface area (Å²) in [6, 6.07) is 5.67. The van der Waals surface area contributed by atoms with Gasteiger partial charge in [0.15, 0.2) is 4.47 Å². The topological polar surface area (TPSA) is 63.2 Å². The van der Waals surface area contributed by atoms with Crippen molar-refractivity contribution in [2.75, 3.05) is 17.7 Å². The Bertz CT molecular complexity index is 658. The Morgan fingerprint density at radius 2 is 2.18 bits per heavy atom. The van der Waals surface area contributed by atoms with Gasteiger partial charge >= 0.3 is 5.97 Å². The van der Waals surface area contributed by atoms with E-state index in [2.05, 4.69) is 29.5 Å². The minimum atomic E-state index is -0.361. The van der Waals surface area contributed by atoms with Crippen molar-refractivity contribution in [3.05, 3.63) is 39.3 Å². The molecule has 22 heavy (non-hydrogen) atoms. The molecule has 2 aromatic rings. The first-order valence-corrected chi connectivity index (χ1v) is 8.02. The molecule has 1 heterocycles. The molecule has 0 saturated heterocycles. The zero-order valence-electron chi connectivity index (χ0n) is 12.6. The van der Waals surface area contributed by atoms with E-state index in [0.717, 1.165) is 16.3 Å². The van der Waals surface area contributed by atoms with E-state index in [4.69, 9.17) is 16.3 Å². The van der Waals surface area contributed by atoms with E-state index < -0.39 is 0 Å². The minimum absolute atomic E-state index is 0.280. The van der Waals surface area contributed by atoms with Crippen molar-refractivity contribution in [3.63, 3.8) is 0 Å². The van der Waals surface area contributed by atoms with Crippen LogP contribution in [0, 0.1) is 0 Å². The number of anilines is 2. The van der Waals surface area contributed by atoms with Crippen LogP contribution in [0.1, 0.15) is 29.1 Å². The van der Waals surface area contributed by atoms with Crippen molar-refractivity contribution in [2.24, 2.45) is 0 Å². The number of thiazole rings is 1. The first kappa shape index (κ1) is 16.6. The Balaban J connectivity index is 2.21. The molecule has 0 amide bonds. The van der Waals surface area contributed by atoms with Crippen molar-refractivity contribution in [1.82, 2.24) is 4.98 Å². The Morgan fingerprint density at radius 3 is 2.77 bits per heavy atom. The standard InChI is InChI=1S/C15H18ClN3O2S/c1-9(2)19-12-5-4-10(14(20)21-3)6-13(12)17-7-11-8-18-15(16)22-11/h4-6,8-9,17,19H,7H2,1-3H3. The number of halogens is 1. The molecule has 0 atom stereocenters. The molecule has 0 fully saturated rings. The van der Waals surface area contributed by atoms with Crippen LogP contribution in [0.2, 0.25) is 4.47 Å². The van der Waals surface area contributed by atoms with Crippen LogP contribution in [-0.2, 0) is 11.3 Å². The molecule has 0 saturated carbocycles. The van der Waals surface area contributed by atoms with Gasteiger partial charge in [0.1, 0.15) is 0 Å². The monoisotopic (exact) mass is 339 g/mol. The van der Waals surface area contributed by atoms with Crippen molar-refractivity contribution >= 4 is 40.3 Å². The van der Waals surface area contributed by atoms with E-state index in [1.54, 1.807) is 18.3 Å². The molecule has 5 nitrogen and oxygen atoms in total. The van der Waals surface area contributed by atoms with Gasteiger partial charge in [-0.05, 0) is 32.0 Å². The highest BCUT2D eigenvalue weighted by Crippen LogP contribution is 2.26. The van der Waals surface area contributed by atoms with Crippen LogP contribution < -0.4 is 10.6 Å². The van der Waals surface area contributed by atoms with E-state index in [9.17, 15) is 4.79 Å². The van der Waals surface area contributed by atoms with Crippen LogP contribution in [0.15, 0.2) is 24.4 Å². The minimum Gasteiger partial charge on any atom is -0.465 e. The smallest absolute Gasteiger partial charge is 0.337 e. The Kier molecular flexibility index (Phi) is 5.63. The summed E-state index contributed by atoms with van der Waals surface area (Å²) < 4.78 is 5.28. The number of methoxy groups -OCH3 is 1.